The fraction of sp³-hybridized carbons (Fsp3) is 0.304. The quantitative estimate of drug-likeness (QED) is 0.602. The number of rotatable bonds is 6. The molecule has 2 atom stereocenters. The number of carbonyl (C=O) groups is 3. The van der Waals surface area contributed by atoms with Crippen LogP contribution in [0.15, 0.2) is 43.1 Å². The fourth-order valence-electron chi connectivity index (χ4n) is 3.94. The normalized spacial score (nSPS) is 18.7. The van der Waals surface area contributed by atoms with Gasteiger partial charge in [-0.1, -0.05) is 6.08 Å². The molecular formula is C23H23FN2O3. The second kappa shape index (κ2) is 8.47. The topological polar surface area (TPSA) is 76.1 Å². The number of halogens is 1. The first-order valence-corrected chi connectivity index (χ1v) is 9.49. The van der Waals surface area contributed by atoms with Crippen LogP contribution >= 0.6 is 0 Å². The lowest BCUT2D eigenvalue weighted by atomic mass is 9.85. The molecule has 1 aliphatic carbocycles. The summed E-state index contributed by atoms with van der Waals surface area (Å²) in [5.74, 6) is -2.48. The largest absolute Gasteiger partial charge is 0.353 e. The summed E-state index contributed by atoms with van der Waals surface area (Å²) < 4.78 is 13.1. The molecule has 0 radical (unpaired) electrons. The summed E-state index contributed by atoms with van der Waals surface area (Å²) in [5, 5.41) is 2.65. The Balaban J connectivity index is 1.87. The number of nitrogens with zero attached hydrogens (tertiary/aromatic N) is 1. The van der Waals surface area contributed by atoms with Gasteiger partial charge in [-0.2, -0.15) is 0 Å². The SMILES string of the molecule is C=CCNC(=O)CC1CC(=O)C(c2c(C)cc(-c3ccc(F)cn3)cc2C)C1=O. The van der Waals surface area contributed by atoms with Crippen molar-refractivity contribution in [2.45, 2.75) is 32.6 Å². The van der Waals surface area contributed by atoms with Crippen LogP contribution in [0.3, 0.4) is 0 Å². The molecule has 0 spiro atoms. The number of aryl methyl sites for hydroxylation is 2. The lowest BCUT2D eigenvalue weighted by Gasteiger charge is -2.17. The molecule has 2 aromatic rings. The average molecular weight is 394 g/mol. The third kappa shape index (κ3) is 4.31. The van der Waals surface area contributed by atoms with Crippen molar-refractivity contribution in [1.29, 1.82) is 0 Å². The zero-order valence-electron chi connectivity index (χ0n) is 16.5. The van der Waals surface area contributed by atoms with Crippen LogP contribution in [0.25, 0.3) is 11.3 Å². The van der Waals surface area contributed by atoms with Gasteiger partial charge in [-0.25, -0.2) is 4.39 Å². The number of benzene rings is 1. The van der Waals surface area contributed by atoms with Crippen molar-refractivity contribution < 1.29 is 18.8 Å². The standard InChI is InChI=1S/C23H23FN2O3/c1-4-7-25-20(28)11-16-10-19(27)22(23(16)29)21-13(2)8-15(9-14(21)3)18-6-5-17(24)12-26-18/h4-6,8-9,12,16,22H,1,7,10-11H2,2-3H3,(H,25,28). The summed E-state index contributed by atoms with van der Waals surface area (Å²) in [6.07, 6.45) is 2.79. The molecule has 0 bridgehead atoms. The highest BCUT2D eigenvalue weighted by Gasteiger charge is 2.43. The number of ketones is 2. The van der Waals surface area contributed by atoms with Crippen LogP contribution in [0.1, 0.15) is 35.4 Å². The van der Waals surface area contributed by atoms with Crippen LogP contribution in [-0.4, -0.2) is 29.0 Å². The number of nitrogens with one attached hydrogen (secondary N) is 1. The molecule has 1 fully saturated rings. The van der Waals surface area contributed by atoms with Crippen LogP contribution in [0.2, 0.25) is 0 Å². The van der Waals surface area contributed by atoms with Crippen LogP contribution in [0, 0.1) is 25.6 Å². The van der Waals surface area contributed by atoms with Crippen molar-refractivity contribution in [3.8, 4) is 11.3 Å². The monoisotopic (exact) mass is 394 g/mol. The summed E-state index contributed by atoms with van der Waals surface area (Å²) in [7, 11) is 0. The Morgan fingerprint density at radius 2 is 1.97 bits per heavy atom. The van der Waals surface area contributed by atoms with E-state index < -0.39 is 17.7 Å². The Kier molecular flexibility index (Phi) is 6.01. The van der Waals surface area contributed by atoms with E-state index in [2.05, 4.69) is 16.9 Å². The van der Waals surface area contributed by atoms with Gasteiger partial charge in [0.15, 0.2) is 5.78 Å². The highest BCUT2D eigenvalue weighted by Crippen LogP contribution is 2.38. The predicted octanol–water partition coefficient (Wildman–Crippen LogP) is 3.44. The van der Waals surface area contributed by atoms with E-state index in [-0.39, 0.29) is 30.3 Å². The molecule has 0 saturated heterocycles. The van der Waals surface area contributed by atoms with Gasteiger partial charge in [0.2, 0.25) is 5.91 Å². The number of aromatic nitrogens is 1. The second-order valence-electron chi connectivity index (χ2n) is 7.38. The van der Waals surface area contributed by atoms with Crippen molar-refractivity contribution in [2.24, 2.45) is 5.92 Å². The minimum atomic E-state index is -0.845. The molecule has 1 N–H and O–H groups in total. The van der Waals surface area contributed by atoms with Crippen LogP contribution in [0.4, 0.5) is 4.39 Å². The van der Waals surface area contributed by atoms with E-state index in [4.69, 9.17) is 0 Å². The van der Waals surface area contributed by atoms with Crippen LogP contribution in [0.5, 0.6) is 0 Å². The zero-order valence-corrected chi connectivity index (χ0v) is 16.5. The molecule has 1 aliphatic rings. The Morgan fingerprint density at radius 3 is 2.55 bits per heavy atom. The van der Waals surface area contributed by atoms with Gasteiger partial charge >= 0.3 is 0 Å². The maximum Gasteiger partial charge on any atom is 0.220 e. The van der Waals surface area contributed by atoms with Gasteiger partial charge in [0.25, 0.3) is 0 Å². The average Bonchev–Trinajstić information content (AvgIpc) is 2.94. The van der Waals surface area contributed by atoms with Gasteiger partial charge in [-0.3, -0.25) is 19.4 Å². The van der Waals surface area contributed by atoms with Gasteiger partial charge in [0.05, 0.1) is 11.9 Å². The molecular weight excluding hydrogens is 371 g/mol. The Hall–Kier alpha value is -3.15. The third-order valence-corrected chi connectivity index (χ3v) is 5.24. The Labute approximate surface area is 169 Å². The summed E-state index contributed by atoms with van der Waals surface area (Å²) in [4.78, 5) is 41.7. The molecule has 6 heteroatoms. The molecule has 5 nitrogen and oxygen atoms in total. The summed E-state index contributed by atoms with van der Waals surface area (Å²) in [5.41, 5.74) is 3.70. The van der Waals surface area contributed by atoms with Crippen molar-refractivity contribution in [1.82, 2.24) is 10.3 Å². The highest BCUT2D eigenvalue weighted by molar-refractivity contribution is 6.15. The molecule has 1 aromatic heterocycles. The fourth-order valence-corrected chi connectivity index (χ4v) is 3.94. The van der Waals surface area contributed by atoms with Crippen LogP contribution < -0.4 is 5.32 Å². The van der Waals surface area contributed by atoms with E-state index in [0.717, 1.165) is 22.9 Å². The molecule has 29 heavy (non-hydrogen) atoms. The van der Waals surface area contributed by atoms with E-state index in [0.29, 0.717) is 17.8 Å². The number of pyridine rings is 1. The van der Waals surface area contributed by atoms with Gasteiger partial charge < -0.3 is 5.32 Å². The minimum Gasteiger partial charge on any atom is -0.353 e. The molecule has 2 unspecified atom stereocenters. The van der Waals surface area contributed by atoms with E-state index in [1.54, 1.807) is 12.1 Å². The summed E-state index contributed by atoms with van der Waals surface area (Å²) in [6.45, 7) is 7.56. The van der Waals surface area contributed by atoms with E-state index >= 15 is 0 Å². The van der Waals surface area contributed by atoms with Crippen LogP contribution in [-0.2, 0) is 14.4 Å². The third-order valence-electron chi connectivity index (χ3n) is 5.24. The van der Waals surface area contributed by atoms with E-state index in [1.165, 1.54) is 6.07 Å². The number of hydrogen-bond donors (Lipinski definition) is 1. The Bertz CT molecular complexity index is 959. The second-order valence-corrected chi connectivity index (χ2v) is 7.38. The molecule has 3 rings (SSSR count). The smallest absolute Gasteiger partial charge is 0.220 e. The molecule has 1 heterocycles. The lowest BCUT2D eigenvalue weighted by Crippen LogP contribution is -2.27. The molecule has 1 amide bonds. The van der Waals surface area contributed by atoms with E-state index in [1.807, 2.05) is 26.0 Å². The number of Topliss-reactive ketones (excluding diaryl/α,β-unsaturated/α-hetero) is 2. The number of hydrogen-bond acceptors (Lipinski definition) is 4. The highest BCUT2D eigenvalue weighted by atomic mass is 19.1. The molecule has 1 saturated carbocycles. The van der Waals surface area contributed by atoms with Gasteiger partial charge in [-0.05, 0) is 54.8 Å². The first kappa shape index (κ1) is 20.6. The first-order valence-electron chi connectivity index (χ1n) is 9.49. The van der Waals surface area contributed by atoms with Crippen molar-refractivity contribution in [3.63, 3.8) is 0 Å². The molecule has 0 aliphatic heterocycles. The minimum absolute atomic E-state index is 0.00456. The number of carbonyl (C=O) groups excluding carboxylic acids is 3. The van der Waals surface area contributed by atoms with Crippen molar-refractivity contribution >= 4 is 17.5 Å². The molecule has 150 valence electrons. The predicted molar refractivity (Wildman–Crippen MR) is 108 cm³/mol. The van der Waals surface area contributed by atoms with Crippen molar-refractivity contribution in [3.05, 3.63) is 65.6 Å². The first-order chi connectivity index (χ1) is 13.8. The van der Waals surface area contributed by atoms with Crippen molar-refractivity contribution in [2.75, 3.05) is 6.54 Å². The summed E-state index contributed by atoms with van der Waals surface area (Å²) >= 11 is 0. The maximum atomic E-state index is 13.1. The zero-order chi connectivity index (χ0) is 21.1. The maximum absolute atomic E-state index is 13.1. The Morgan fingerprint density at radius 1 is 1.28 bits per heavy atom. The van der Waals surface area contributed by atoms with Gasteiger partial charge in [0, 0.05) is 30.9 Å². The van der Waals surface area contributed by atoms with E-state index in [9.17, 15) is 18.8 Å². The van der Waals surface area contributed by atoms with Gasteiger partial charge in [-0.15, -0.1) is 6.58 Å². The molecule has 1 aromatic carbocycles. The summed E-state index contributed by atoms with van der Waals surface area (Å²) in [6, 6.07) is 6.64. The van der Waals surface area contributed by atoms with Gasteiger partial charge in [0.1, 0.15) is 17.5 Å². The lowest BCUT2D eigenvalue weighted by molar-refractivity contribution is -0.128. The number of amides is 1.